The molecule has 2 aliphatic rings. The molecule has 0 saturated heterocycles. The largest absolute Gasteiger partial charge is 0.494 e. The van der Waals surface area contributed by atoms with Crippen LogP contribution in [0.2, 0.25) is 5.02 Å². The van der Waals surface area contributed by atoms with Crippen molar-refractivity contribution in [1.82, 2.24) is 0 Å². The van der Waals surface area contributed by atoms with Gasteiger partial charge in [0.25, 0.3) is 0 Å². The zero-order valence-electron chi connectivity index (χ0n) is 19.9. The number of hydrogen-bond acceptors (Lipinski definition) is 2. The summed E-state index contributed by atoms with van der Waals surface area (Å²) in [6.45, 7) is 0.939. The highest BCUT2D eigenvalue weighted by atomic mass is 35.5. The Hall–Kier alpha value is -1.84. The highest BCUT2D eigenvalue weighted by molar-refractivity contribution is 6.32. The Balaban J connectivity index is 1.30. The van der Waals surface area contributed by atoms with Crippen molar-refractivity contribution in [3.63, 3.8) is 0 Å². The quantitative estimate of drug-likeness (QED) is 0.378. The van der Waals surface area contributed by atoms with Crippen LogP contribution in [0.4, 0.5) is 4.39 Å². The van der Waals surface area contributed by atoms with Gasteiger partial charge in [0.05, 0.1) is 12.1 Å². The normalized spacial score (nSPS) is 25.9. The van der Waals surface area contributed by atoms with Gasteiger partial charge in [0, 0.05) is 13.7 Å². The van der Waals surface area contributed by atoms with Crippen LogP contribution in [0.15, 0.2) is 36.4 Å². The van der Waals surface area contributed by atoms with E-state index in [0.717, 1.165) is 29.9 Å². The molecule has 0 aromatic heterocycles. The second-order valence-corrected chi connectivity index (χ2v) is 10.2. The van der Waals surface area contributed by atoms with Crippen LogP contribution < -0.4 is 4.74 Å². The van der Waals surface area contributed by atoms with E-state index in [0.29, 0.717) is 11.5 Å². The van der Waals surface area contributed by atoms with Crippen molar-refractivity contribution in [1.29, 1.82) is 0 Å². The number of rotatable bonds is 7. The highest BCUT2D eigenvalue weighted by Crippen LogP contribution is 2.44. The maximum absolute atomic E-state index is 14.1. The summed E-state index contributed by atoms with van der Waals surface area (Å²) in [4.78, 5) is 0. The fraction of sp³-hybridized carbons (Fsp3) is 0.517. The number of ether oxygens (including phenoxy) is 2. The minimum absolute atomic E-state index is 0.0890. The van der Waals surface area contributed by atoms with E-state index < -0.39 is 5.82 Å². The van der Waals surface area contributed by atoms with Crippen LogP contribution in [0.5, 0.6) is 5.75 Å². The second kappa shape index (κ2) is 11.5. The predicted molar refractivity (Wildman–Crippen MR) is 135 cm³/mol. The monoisotopic (exact) mass is 470 g/mol. The molecule has 0 N–H and O–H groups in total. The summed E-state index contributed by atoms with van der Waals surface area (Å²) < 4.78 is 24.5. The molecule has 2 nitrogen and oxygen atoms in total. The third-order valence-electron chi connectivity index (χ3n) is 7.89. The molecule has 2 saturated carbocycles. The Morgan fingerprint density at radius 1 is 0.848 bits per heavy atom. The predicted octanol–water partition coefficient (Wildman–Crippen LogP) is 8.38. The van der Waals surface area contributed by atoms with E-state index in [1.807, 2.05) is 19.3 Å². The van der Waals surface area contributed by atoms with Gasteiger partial charge in [-0.2, -0.15) is 0 Å². The molecular formula is C29H36ClFO2. The van der Waals surface area contributed by atoms with E-state index in [9.17, 15) is 4.39 Å². The average Bonchev–Trinajstić information content (AvgIpc) is 2.86. The van der Waals surface area contributed by atoms with Crippen LogP contribution in [-0.4, -0.2) is 20.8 Å². The number of benzene rings is 2. The minimum atomic E-state index is -0.518. The first kappa shape index (κ1) is 24.3. The summed E-state index contributed by atoms with van der Waals surface area (Å²) in [7, 11) is 3.26. The van der Waals surface area contributed by atoms with E-state index in [2.05, 4.69) is 24.3 Å². The van der Waals surface area contributed by atoms with E-state index in [1.165, 1.54) is 64.0 Å². The lowest BCUT2D eigenvalue weighted by atomic mass is 9.68. The summed E-state index contributed by atoms with van der Waals surface area (Å²) in [6.07, 6.45) is 14.7. The molecule has 2 aromatic carbocycles. The van der Waals surface area contributed by atoms with Crippen LogP contribution in [0.1, 0.15) is 74.0 Å². The molecule has 0 atom stereocenters. The van der Waals surface area contributed by atoms with Crippen molar-refractivity contribution in [2.24, 2.45) is 17.8 Å². The summed E-state index contributed by atoms with van der Waals surface area (Å²) in [5, 5.41) is 0.0890. The molecule has 0 unspecified atom stereocenters. The summed E-state index contributed by atoms with van der Waals surface area (Å²) in [6, 6.07) is 12.2. The van der Waals surface area contributed by atoms with Gasteiger partial charge in [-0.1, -0.05) is 48.0 Å². The first-order valence-corrected chi connectivity index (χ1v) is 12.8. The van der Waals surface area contributed by atoms with Crippen molar-refractivity contribution in [2.45, 2.75) is 57.3 Å². The molecule has 0 amide bonds. The van der Waals surface area contributed by atoms with Gasteiger partial charge in [0.1, 0.15) is 0 Å². The third-order valence-corrected chi connectivity index (χ3v) is 8.28. The molecule has 0 spiro atoms. The van der Waals surface area contributed by atoms with E-state index in [-0.39, 0.29) is 10.8 Å². The van der Waals surface area contributed by atoms with Crippen molar-refractivity contribution >= 4 is 23.8 Å². The fourth-order valence-corrected chi connectivity index (χ4v) is 6.10. The average molecular weight is 471 g/mol. The zero-order chi connectivity index (χ0) is 23.2. The first-order chi connectivity index (χ1) is 16.1. The SMILES string of the molecule is COCC1CCC(C2CCC(c3ccc(/C=C/c4ccc(OC)c(F)c4Cl)cc3)CC2)CC1. The maximum atomic E-state index is 14.1. The lowest BCUT2D eigenvalue weighted by molar-refractivity contribution is 0.0968. The molecule has 178 valence electrons. The summed E-state index contributed by atoms with van der Waals surface area (Å²) in [5.74, 6) is 2.96. The van der Waals surface area contributed by atoms with Crippen LogP contribution in [0.25, 0.3) is 12.2 Å². The lowest BCUT2D eigenvalue weighted by Crippen LogP contribution is -2.26. The van der Waals surface area contributed by atoms with Crippen molar-refractivity contribution in [2.75, 3.05) is 20.8 Å². The third kappa shape index (κ3) is 6.00. The molecular weight excluding hydrogens is 435 g/mol. The standard InChI is InChI=1S/C29H36ClFO2/c1-32-19-21-6-10-23(11-7-21)25-15-13-24(14-16-25)22-8-3-20(4-9-22)5-12-26-17-18-27(33-2)29(31)28(26)30/h3-5,8-9,12,17-18,21,23-25H,6-7,10-11,13-16,19H2,1-2H3/b12-5+. The maximum Gasteiger partial charge on any atom is 0.184 e. The van der Waals surface area contributed by atoms with Crippen LogP contribution in [-0.2, 0) is 4.74 Å². The Morgan fingerprint density at radius 2 is 1.48 bits per heavy atom. The van der Waals surface area contributed by atoms with Gasteiger partial charge < -0.3 is 9.47 Å². The molecule has 4 heteroatoms. The van der Waals surface area contributed by atoms with Gasteiger partial charge in [-0.25, -0.2) is 4.39 Å². The summed E-state index contributed by atoms with van der Waals surface area (Å²) in [5.41, 5.74) is 3.18. The van der Waals surface area contributed by atoms with Crippen LogP contribution >= 0.6 is 11.6 Å². The van der Waals surface area contributed by atoms with E-state index in [4.69, 9.17) is 21.1 Å². The molecule has 4 rings (SSSR count). The Morgan fingerprint density at radius 3 is 2.09 bits per heavy atom. The molecule has 0 aliphatic heterocycles. The van der Waals surface area contributed by atoms with E-state index in [1.54, 1.807) is 12.1 Å². The van der Waals surface area contributed by atoms with Gasteiger partial charge in [-0.05, 0) is 104 Å². The van der Waals surface area contributed by atoms with Crippen molar-refractivity contribution in [3.8, 4) is 5.75 Å². The minimum Gasteiger partial charge on any atom is -0.494 e. The fourth-order valence-electron chi connectivity index (χ4n) is 5.88. The van der Waals surface area contributed by atoms with Gasteiger partial charge in [0.2, 0.25) is 0 Å². The van der Waals surface area contributed by atoms with Crippen molar-refractivity contribution < 1.29 is 13.9 Å². The molecule has 0 bridgehead atoms. The topological polar surface area (TPSA) is 18.5 Å². The molecule has 2 fully saturated rings. The molecule has 2 aromatic rings. The van der Waals surface area contributed by atoms with Gasteiger partial charge in [0.15, 0.2) is 11.6 Å². The highest BCUT2D eigenvalue weighted by Gasteiger charge is 2.31. The number of hydrogen-bond donors (Lipinski definition) is 0. The first-order valence-electron chi connectivity index (χ1n) is 12.4. The van der Waals surface area contributed by atoms with Gasteiger partial charge >= 0.3 is 0 Å². The van der Waals surface area contributed by atoms with Gasteiger partial charge in [-0.3, -0.25) is 0 Å². The smallest absolute Gasteiger partial charge is 0.184 e. The molecule has 33 heavy (non-hydrogen) atoms. The van der Waals surface area contributed by atoms with E-state index >= 15 is 0 Å². The Bertz CT molecular complexity index is 923. The van der Waals surface area contributed by atoms with Crippen LogP contribution in [0.3, 0.4) is 0 Å². The lowest BCUT2D eigenvalue weighted by Gasteiger charge is -2.38. The summed E-state index contributed by atoms with van der Waals surface area (Å²) >= 11 is 6.15. The molecule has 0 heterocycles. The number of methoxy groups -OCH3 is 2. The Labute approximate surface area is 203 Å². The second-order valence-electron chi connectivity index (χ2n) is 9.83. The Kier molecular flexibility index (Phi) is 8.49. The molecule has 0 radical (unpaired) electrons. The van der Waals surface area contributed by atoms with Crippen molar-refractivity contribution in [3.05, 3.63) is 63.9 Å². The van der Waals surface area contributed by atoms with Crippen LogP contribution in [0, 0.1) is 23.6 Å². The zero-order valence-corrected chi connectivity index (χ0v) is 20.6. The number of halogens is 2. The molecule has 2 aliphatic carbocycles. The van der Waals surface area contributed by atoms with Gasteiger partial charge in [-0.15, -0.1) is 0 Å².